The summed E-state index contributed by atoms with van der Waals surface area (Å²) in [5, 5.41) is 11.2. The van der Waals surface area contributed by atoms with Gasteiger partial charge in [-0.25, -0.2) is 0 Å². The second kappa shape index (κ2) is 9.13. The summed E-state index contributed by atoms with van der Waals surface area (Å²) in [5.41, 5.74) is 2.56. The molecule has 0 aliphatic heterocycles. The topological polar surface area (TPSA) is 66.4 Å². The molecule has 2 N–H and O–H groups in total. The lowest BCUT2D eigenvalue weighted by Crippen LogP contribution is -2.24. The molecule has 1 aromatic rings. The minimum atomic E-state index is -0.822. The third kappa shape index (κ3) is 7.56. The van der Waals surface area contributed by atoms with Crippen LogP contribution in [0.4, 0.5) is 0 Å². The summed E-state index contributed by atoms with van der Waals surface area (Å²) in [6, 6.07) is 8.46. The van der Waals surface area contributed by atoms with Crippen molar-refractivity contribution >= 4 is 11.9 Å². The molecule has 0 atom stereocenters. The van der Waals surface area contributed by atoms with Gasteiger partial charge in [-0.05, 0) is 38.2 Å². The number of aliphatic carboxylic acids is 1. The van der Waals surface area contributed by atoms with Gasteiger partial charge in [0.1, 0.15) is 0 Å². The van der Waals surface area contributed by atoms with Crippen LogP contribution in [0.2, 0.25) is 0 Å². The molecule has 0 heterocycles. The molecule has 0 aromatic heterocycles. The van der Waals surface area contributed by atoms with Crippen molar-refractivity contribution in [1.29, 1.82) is 0 Å². The van der Waals surface area contributed by atoms with Crippen molar-refractivity contribution in [2.75, 3.05) is 6.54 Å². The maximum atomic E-state index is 11.5. The van der Waals surface area contributed by atoms with Crippen LogP contribution in [0.15, 0.2) is 24.3 Å². The van der Waals surface area contributed by atoms with Gasteiger partial charge in [0, 0.05) is 19.4 Å². The Morgan fingerprint density at radius 1 is 1.05 bits per heavy atom. The first-order valence-electron chi connectivity index (χ1n) is 7.12. The molecule has 110 valence electrons. The van der Waals surface area contributed by atoms with Crippen molar-refractivity contribution in [3.8, 4) is 0 Å². The van der Waals surface area contributed by atoms with Gasteiger partial charge in [-0.15, -0.1) is 0 Å². The lowest BCUT2D eigenvalue weighted by molar-refractivity contribution is -0.137. The van der Waals surface area contributed by atoms with Crippen molar-refractivity contribution in [3.05, 3.63) is 35.4 Å². The zero-order chi connectivity index (χ0) is 14.8. The molecule has 0 spiro atoms. The van der Waals surface area contributed by atoms with Crippen LogP contribution in [-0.4, -0.2) is 23.5 Å². The van der Waals surface area contributed by atoms with Crippen LogP contribution in [0.1, 0.15) is 43.2 Å². The molecule has 4 heteroatoms. The first kappa shape index (κ1) is 16.2. The molecular formula is C16H23NO3. The molecular weight excluding hydrogens is 254 g/mol. The van der Waals surface area contributed by atoms with E-state index in [1.54, 1.807) is 0 Å². The molecule has 1 aromatic carbocycles. The Kier molecular flexibility index (Phi) is 7.40. The van der Waals surface area contributed by atoms with Gasteiger partial charge in [0.15, 0.2) is 0 Å². The molecule has 0 radical (unpaired) electrons. The van der Waals surface area contributed by atoms with Crippen molar-refractivity contribution in [1.82, 2.24) is 5.32 Å². The Bertz CT molecular complexity index is 426. The monoisotopic (exact) mass is 277 g/mol. The molecule has 0 bridgehead atoms. The summed E-state index contributed by atoms with van der Waals surface area (Å²) in [4.78, 5) is 21.8. The first-order chi connectivity index (χ1) is 9.58. The highest BCUT2D eigenvalue weighted by Gasteiger charge is 2.02. The standard InChI is InChI=1S/C16H23NO3/c1-13-8-10-14(11-9-13)5-2-3-6-15(18)17-12-4-7-16(19)20/h8-11H,2-7,12H2,1H3,(H,17,18)(H,19,20). The number of unbranched alkanes of at least 4 members (excludes halogenated alkanes) is 1. The number of benzene rings is 1. The Labute approximate surface area is 120 Å². The summed E-state index contributed by atoms with van der Waals surface area (Å²) in [6.07, 6.45) is 3.95. The number of hydrogen-bond acceptors (Lipinski definition) is 2. The number of carboxylic acid groups (broad SMARTS) is 1. The van der Waals surface area contributed by atoms with E-state index >= 15 is 0 Å². The lowest BCUT2D eigenvalue weighted by Gasteiger charge is -2.05. The van der Waals surface area contributed by atoms with E-state index in [1.807, 2.05) is 0 Å². The number of carboxylic acids is 1. The van der Waals surface area contributed by atoms with E-state index < -0.39 is 5.97 Å². The van der Waals surface area contributed by atoms with Crippen LogP contribution in [0.25, 0.3) is 0 Å². The van der Waals surface area contributed by atoms with E-state index in [9.17, 15) is 9.59 Å². The average molecular weight is 277 g/mol. The van der Waals surface area contributed by atoms with Crippen LogP contribution < -0.4 is 5.32 Å². The van der Waals surface area contributed by atoms with Gasteiger partial charge in [0.05, 0.1) is 0 Å². The molecule has 0 aliphatic rings. The van der Waals surface area contributed by atoms with Crippen molar-refractivity contribution < 1.29 is 14.7 Å². The quantitative estimate of drug-likeness (QED) is 0.682. The zero-order valence-electron chi connectivity index (χ0n) is 12.0. The van der Waals surface area contributed by atoms with E-state index in [4.69, 9.17) is 5.11 Å². The second-order valence-corrected chi connectivity index (χ2v) is 5.04. The second-order valence-electron chi connectivity index (χ2n) is 5.04. The highest BCUT2D eigenvalue weighted by atomic mass is 16.4. The van der Waals surface area contributed by atoms with E-state index in [2.05, 4.69) is 36.5 Å². The average Bonchev–Trinajstić information content (AvgIpc) is 2.41. The van der Waals surface area contributed by atoms with E-state index in [0.717, 1.165) is 19.3 Å². The Morgan fingerprint density at radius 3 is 2.40 bits per heavy atom. The van der Waals surface area contributed by atoms with Crippen molar-refractivity contribution in [2.45, 2.75) is 45.4 Å². The predicted molar refractivity (Wildman–Crippen MR) is 78.6 cm³/mol. The van der Waals surface area contributed by atoms with Gasteiger partial charge < -0.3 is 10.4 Å². The summed E-state index contributed by atoms with van der Waals surface area (Å²) in [6.45, 7) is 2.52. The number of carbonyl (C=O) groups is 2. The molecule has 20 heavy (non-hydrogen) atoms. The SMILES string of the molecule is Cc1ccc(CCCCC(=O)NCCCC(=O)O)cc1. The van der Waals surface area contributed by atoms with Crippen molar-refractivity contribution in [2.24, 2.45) is 0 Å². The van der Waals surface area contributed by atoms with E-state index in [-0.39, 0.29) is 12.3 Å². The number of carbonyl (C=O) groups excluding carboxylic acids is 1. The molecule has 1 amide bonds. The minimum Gasteiger partial charge on any atom is -0.481 e. The summed E-state index contributed by atoms with van der Waals surface area (Å²) >= 11 is 0. The van der Waals surface area contributed by atoms with Crippen molar-refractivity contribution in [3.63, 3.8) is 0 Å². The molecule has 4 nitrogen and oxygen atoms in total. The molecule has 0 saturated heterocycles. The third-order valence-electron chi connectivity index (χ3n) is 3.13. The normalized spacial score (nSPS) is 10.2. The number of aryl methyl sites for hydroxylation is 2. The van der Waals surface area contributed by atoms with Crippen LogP contribution in [0.5, 0.6) is 0 Å². The van der Waals surface area contributed by atoms with Gasteiger partial charge in [-0.3, -0.25) is 9.59 Å². The number of rotatable bonds is 9. The van der Waals surface area contributed by atoms with Gasteiger partial charge in [0.25, 0.3) is 0 Å². The first-order valence-corrected chi connectivity index (χ1v) is 7.12. The van der Waals surface area contributed by atoms with Crippen LogP contribution in [-0.2, 0) is 16.0 Å². The zero-order valence-corrected chi connectivity index (χ0v) is 12.0. The fourth-order valence-corrected chi connectivity index (χ4v) is 1.93. The fraction of sp³-hybridized carbons (Fsp3) is 0.500. The van der Waals surface area contributed by atoms with Crippen LogP contribution in [0, 0.1) is 6.92 Å². The van der Waals surface area contributed by atoms with Crippen LogP contribution >= 0.6 is 0 Å². The molecule has 0 saturated carbocycles. The molecule has 0 fully saturated rings. The maximum absolute atomic E-state index is 11.5. The van der Waals surface area contributed by atoms with Gasteiger partial charge in [-0.1, -0.05) is 29.8 Å². The minimum absolute atomic E-state index is 0.0132. The highest BCUT2D eigenvalue weighted by Crippen LogP contribution is 2.08. The predicted octanol–water partition coefficient (Wildman–Crippen LogP) is 2.69. The summed E-state index contributed by atoms with van der Waals surface area (Å²) in [7, 11) is 0. The maximum Gasteiger partial charge on any atom is 0.303 e. The van der Waals surface area contributed by atoms with Gasteiger partial charge >= 0.3 is 5.97 Å². The summed E-state index contributed by atoms with van der Waals surface area (Å²) < 4.78 is 0. The Balaban J connectivity index is 2.04. The lowest BCUT2D eigenvalue weighted by atomic mass is 10.1. The molecule has 0 unspecified atom stereocenters. The van der Waals surface area contributed by atoms with Crippen LogP contribution in [0.3, 0.4) is 0 Å². The number of amides is 1. The highest BCUT2D eigenvalue weighted by molar-refractivity contribution is 5.75. The van der Waals surface area contributed by atoms with Gasteiger partial charge in [0.2, 0.25) is 5.91 Å². The number of hydrogen-bond donors (Lipinski definition) is 2. The third-order valence-corrected chi connectivity index (χ3v) is 3.13. The largest absolute Gasteiger partial charge is 0.481 e. The van der Waals surface area contributed by atoms with Gasteiger partial charge in [-0.2, -0.15) is 0 Å². The molecule has 1 rings (SSSR count). The Morgan fingerprint density at radius 2 is 1.75 bits per heavy atom. The molecule has 0 aliphatic carbocycles. The Hall–Kier alpha value is -1.84. The van der Waals surface area contributed by atoms with E-state index in [1.165, 1.54) is 11.1 Å². The summed E-state index contributed by atoms with van der Waals surface area (Å²) in [5.74, 6) is -0.809. The fourth-order valence-electron chi connectivity index (χ4n) is 1.93. The smallest absolute Gasteiger partial charge is 0.303 e. The van der Waals surface area contributed by atoms with E-state index in [0.29, 0.717) is 19.4 Å². The number of nitrogens with one attached hydrogen (secondary N) is 1.